The number of allylic oxidation sites excluding steroid dienone is 3. The first-order chi connectivity index (χ1) is 15.4. The van der Waals surface area contributed by atoms with E-state index in [4.69, 9.17) is 4.74 Å². The van der Waals surface area contributed by atoms with Crippen LogP contribution in [0.4, 0.5) is 0 Å². The molecule has 32 heavy (non-hydrogen) atoms. The first kappa shape index (κ1) is 24.9. The average molecular weight is 436 g/mol. The molecule has 2 N–H and O–H groups in total. The van der Waals surface area contributed by atoms with E-state index in [0.717, 1.165) is 23.2 Å². The van der Waals surface area contributed by atoms with Crippen molar-refractivity contribution in [3.63, 3.8) is 0 Å². The zero-order valence-corrected chi connectivity index (χ0v) is 19.1. The highest BCUT2D eigenvalue weighted by molar-refractivity contribution is 5.96. The van der Waals surface area contributed by atoms with Crippen molar-refractivity contribution in [1.82, 2.24) is 5.32 Å². The first-order valence-corrected chi connectivity index (χ1v) is 11.0. The summed E-state index contributed by atoms with van der Waals surface area (Å²) in [5, 5.41) is 13.5. The Hall–Kier alpha value is -3.34. The molecule has 0 fully saturated rings. The van der Waals surface area contributed by atoms with E-state index in [1.54, 1.807) is 18.2 Å². The number of ether oxygens (including phenoxy) is 1. The van der Waals surface area contributed by atoms with Gasteiger partial charge in [-0.25, -0.2) is 0 Å². The second-order valence-electron chi connectivity index (χ2n) is 8.07. The molecule has 5 heteroatoms. The number of carbonyl (C=O) groups is 2. The minimum Gasteiger partial charge on any atom is -0.510 e. The van der Waals surface area contributed by atoms with Crippen LogP contribution in [-0.2, 0) is 17.8 Å². The van der Waals surface area contributed by atoms with Crippen molar-refractivity contribution in [2.24, 2.45) is 5.92 Å². The Morgan fingerprint density at radius 1 is 1.16 bits per heavy atom. The minimum absolute atomic E-state index is 0.114. The Labute approximate surface area is 190 Å². The summed E-state index contributed by atoms with van der Waals surface area (Å²) in [4.78, 5) is 24.1. The van der Waals surface area contributed by atoms with Gasteiger partial charge in [-0.2, -0.15) is 0 Å². The Balaban J connectivity index is 2.26. The van der Waals surface area contributed by atoms with Crippen LogP contribution in [0.5, 0.6) is 5.75 Å². The molecule has 170 valence electrons. The summed E-state index contributed by atoms with van der Waals surface area (Å²) in [6, 6.07) is 14.6. The van der Waals surface area contributed by atoms with E-state index in [-0.39, 0.29) is 17.6 Å². The fourth-order valence-electron chi connectivity index (χ4n) is 3.31. The number of nitrogens with one attached hydrogen (secondary N) is 1. The van der Waals surface area contributed by atoms with Gasteiger partial charge in [-0.05, 0) is 61.1 Å². The predicted octanol–water partition coefficient (Wildman–Crippen LogP) is 5.56. The number of aldehydes is 1. The molecule has 0 heterocycles. The van der Waals surface area contributed by atoms with Crippen molar-refractivity contribution in [2.75, 3.05) is 0 Å². The second-order valence-corrected chi connectivity index (χ2v) is 8.07. The van der Waals surface area contributed by atoms with E-state index in [9.17, 15) is 14.7 Å². The Morgan fingerprint density at radius 2 is 1.91 bits per heavy atom. The quantitative estimate of drug-likeness (QED) is 0.260. The molecule has 0 aliphatic heterocycles. The molecule has 0 aliphatic carbocycles. The number of para-hydroxylation sites is 1. The lowest BCUT2D eigenvalue weighted by Crippen LogP contribution is -2.37. The zero-order chi connectivity index (χ0) is 23.3. The highest BCUT2D eigenvalue weighted by atomic mass is 16.5. The highest BCUT2D eigenvalue weighted by Gasteiger charge is 2.21. The lowest BCUT2D eigenvalue weighted by molar-refractivity contribution is -0.107. The molecule has 0 saturated heterocycles. The highest BCUT2D eigenvalue weighted by Crippen LogP contribution is 2.19. The molecule has 0 aliphatic rings. The van der Waals surface area contributed by atoms with Crippen molar-refractivity contribution in [2.45, 2.75) is 52.7 Å². The van der Waals surface area contributed by atoms with Crippen LogP contribution in [-0.4, -0.2) is 23.3 Å². The SMILES string of the molecule is C/C=C/C=C(\O)C(CC(C)C)NC(=O)c1cc(COc2ccccc2)ccc1CCC=O. The topological polar surface area (TPSA) is 75.6 Å². The summed E-state index contributed by atoms with van der Waals surface area (Å²) < 4.78 is 5.82. The third kappa shape index (κ3) is 8.06. The molecule has 2 aromatic carbocycles. The van der Waals surface area contributed by atoms with Crippen molar-refractivity contribution in [3.8, 4) is 5.75 Å². The van der Waals surface area contributed by atoms with Gasteiger partial charge in [-0.15, -0.1) is 0 Å². The third-order valence-electron chi connectivity index (χ3n) is 4.93. The number of carbonyl (C=O) groups excluding carboxylic acids is 2. The van der Waals surface area contributed by atoms with Gasteiger partial charge in [0.1, 0.15) is 24.4 Å². The molecular formula is C27H33NO4. The van der Waals surface area contributed by atoms with E-state index >= 15 is 0 Å². The maximum Gasteiger partial charge on any atom is 0.252 e. The van der Waals surface area contributed by atoms with Gasteiger partial charge >= 0.3 is 0 Å². The van der Waals surface area contributed by atoms with E-state index < -0.39 is 6.04 Å². The Morgan fingerprint density at radius 3 is 2.56 bits per heavy atom. The van der Waals surface area contributed by atoms with Crippen LogP contribution in [0.3, 0.4) is 0 Å². The molecule has 0 aromatic heterocycles. The predicted molar refractivity (Wildman–Crippen MR) is 128 cm³/mol. The fourth-order valence-corrected chi connectivity index (χ4v) is 3.31. The Bertz CT molecular complexity index is 932. The molecule has 2 aromatic rings. The van der Waals surface area contributed by atoms with Crippen LogP contribution in [0, 0.1) is 5.92 Å². The van der Waals surface area contributed by atoms with Gasteiger partial charge in [0.25, 0.3) is 5.91 Å². The lowest BCUT2D eigenvalue weighted by atomic mass is 9.97. The number of aliphatic hydroxyl groups excluding tert-OH is 1. The average Bonchev–Trinajstić information content (AvgIpc) is 2.79. The third-order valence-corrected chi connectivity index (χ3v) is 4.93. The van der Waals surface area contributed by atoms with E-state index in [2.05, 4.69) is 5.32 Å². The van der Waals surface area contributed by atoms with Gasteiger partial charge in [0.2, 0.25) is 0 Å². The van der Waals surface area contributed by atoms with Gasteiger partial charge in [-0.1, -0.05) is 56.3 Å². The summed E-state index contributed by atoms with van der Waals surface area (Å²) in [5.41, 5.74) is 2.13. The number of hydrogen-bond acceptors (Lipinski definition) is 4. The van der Waals surface area contributed by atoms with Gasteiger partial charge in [-0.3, -0.25) is 4.79 Å². The fraction of sp³-hybridized carbons (Fsp3) is 0.333. The van der Waals surface area contributed by atoms with Crippen LogP contribution in [0.1, 0.15) is 55.1 Å². The summed E-state index contributed by atoms with van der Waals surface area (Å²) >= 11 is 0. The van der Waals surface area contributed by atoms with E-state index in [1.807, 2.05) is 69.3 Å². The zero-order valence-electron chi connectivity index (χ0n) is 19.1. The van der Waals surface area contributed by atoms with Crippen molar-refractivity contribution in [3.05, 3.63) is 89.2 Å². The molecule has 5 nitrogen and oxygen atoms in total. The standard InChI is InChI=1S/C27H33NO4/c1-4-5-13-26(30)25(17-20(2)3)28-27(31)24-18-21(14-15-22(24)10-9-16-29)19-32-23-11-7-6-8-12-23/h4-8,11-16,18,20,25,30H,9-10,17,19H2,1-3H3,(H,28,31)/b5-4+,26-13-. The number of amides is 1. The van der Waals surface area contributed by atoms with Crippen molar-refractivity contribution in [1.29, 1.82) is 0 Å². The Kier molecular flexibility index (Phi) is 10.2. The van der Waals surface area contributed by atoms with Gasteiger partial charge in [0, 0.05) is 12.0 Å². The van der Waals surface area contributed by atoms with Crippen molar-refractivity contribution >= 4 is 12.2 Å². The molecule has 0 bridgehead atoms. The van der Waals surface area contributed by atoms with E-state index in [1.165, 1.54) is 0 Å². The molecule has 0 radical (unpaired) electrons. The van der Waals surface area contributed by atoms with Gasteiger partial charge in [0.15, 0.2) is 0 Å². The first-order valence-electron chi connectivity index (χ1n) is 11.0. The monoisotopic (exact) mass is 435 g/mol. The molecule has 1 amide bonds. The van der Waals surface area contributed by atoms with Gasteiger partial charge < -0.3 is 20.0 Å². The summed E-state index contributed by atoms with van der Waals surface area (Å²) in [7, 11) is 0. The van der Waals surface area contributed by atoms with Crippen LogP contribution >= 0.6 is 0 Å². The molecule has 0 spiro atoms. The van der Waals surface area contributed by atoms with Crippen LogP contribution in [0.15, 0.2) is 72.5 Å². The molecular weight excluding hydrogens is 402 g/mol. The lowest BCUT2D eigenvalue weighted by Gasteiger charge is -2.21. The maximum atomic E-state index is 13.2. The number of benzene rings is 2. The number of aryl methyl sites for hydroxylation is 1. The summed E-state index contributed by atoms with van der Waals surface area (Å²) in [6.07, 6.45) is 7.42. The summed E-state index contributed by atoms with van der Waals surface area (Å²) in [5.74, 6) is 0.864. The van der Waals surface area contributed by atoms with Gasteiger partial charge in [0.05, 0.1) is 6.04 Å². The smallest absolute Gasteiger partial charge is 0.252 e. The van der Waals surface area contributed by atoms with Crippen LogP contribution in [0.2, 0.25) is 0 Å². The second kappa shape index (κ2) is 13.2. The maximum absolute atomic E-state index is 13.2. The molecule has 2 rings (SSSR count). The number of aliphatic hydroxyl groups is 1. The molecule has 0 saturated carbocycles. The molecule has 1 unspecified atom stereocenters. The summed E-state index contributed by atoms with van der Waals surface area (Å²) in [6.45, 7) is 6.26. The van der Waals surface area contributed by atoms with Crippen molar-refractivity contribution < 1.29 is 19.4 Å². The van der Waals surface area contributed by atoms with Crippen LogP contribution in [0.25, 0.3) is 0 Å². The van der Waals surface area contributed by atoms with E-state index in [0.29, 0.717) is 31.4 Å². The molecule has 1 atom stereocenters. The normalized spacial score (nSPS) is 12.7. The van der Waals surface area contributed by atoms with Crippen LogP contribution < -0.4 is 10.1 Å². The number of rotatable bonds is 12. The number of hydrogen-bond donors (Lipinski definition) is 2. The minimum atomic E-state index is -0.498. The largest absolute Gasteiger partial charge is 0.510 e.